The highest BCUT2D eigenvalue weighted by Crippen LogP contribution is 2.20. The summed E-state index contributed by atoms with van der Waals surface area (Å²) in [4.78, 5) is 22.1. The van der Waals surface area contributed by atoms with Crippen molar-refractivity contribution in [1.29, 1.82) is 0 Å². The van der Waals surface area contributed by atoms with E-state index < -0.39 is 24.5 Å². The van der Waals surface area contributed by atoms with Gasteiger partial charge in [0, 0.05) is 0 Å². The molecule has 0 fully saturated rings. The van der Waals surface area contributed by atoms with Gasteiger partial charge in [-0.15, -0.1) is 0 Å². The second-order valence-electron chi connectivity index (χ2n) is 3.39. The lowest BCUT2D eigenvalue weighted by molar-refractivity contribution is -0.307. The Kier molecular flexibility index (Phi) is 4.59. The minimum absolute atomic E-state index is 0.175. The van der Waals surface area contributed by atoms with Crippen LogP contribution < -0.4 is 15.2 Å². The number of alkyl halides is 2. The first-order valence-electron chi connectivity index (χ1n) is 4.97. The number of amides is 1. The van der Waals surface area contributed by atoms with Crippen molar-refractivity contribution in [1.82, 2.24) is 5.32 Å². The molecule has 0 spiro atoms. The molecule has 98 valence electrons. The molecule has 1 amide bonds. The summed E-state index contributed by atoms with van der Waals surface area (Å²) in [5.74, 6) is -2.63. The molecule has 1 aromatic rings. The number of para-hydroxylation sites is 1. The van der Waals surface area contributed by atoms with Crippen LogP contribution in [0.5, 0.6) is 5.75 Å². The Morgan fingerprint density at radius 1 is 1.33 bits per heavy atom. The lowest BCUT2D eigenvalue weighted by Crippen LogP contribution is -2.45. The van der Waals surface area contributed by atoms with Crippen LogP contribution in [-0.4, -0.2) is 24.5 Å². The van der Waals surface area contributed by atoms with Gasteiger partial charge >= 0.3 is 6.61 Å². The average Bonchev–Trinajstić information content (AvgIpc) is 2.28. The van der Waals surface area contributed by atoms with E-state index >= 15 is 0 Å². The normalized spacial score (nSPS) is 12.0. The molecule has 0 aliphatic carbocycles. The van der Waals surface area contributed by atoms with Gasteiger partial charge in [-0.3, -0.25) is 4.79 Å². The summed E-state index contributed by atoms with van der Waals surface area (Å²) in [5.41, 5.74) is -0.175. The van der Waals surface area contributed by atoms with Gasteiger partial charge in [-0.2, -0.15) is 8.78 Å². The number of aliphatic carboxylic acids is 1. The van der Waals surface area contributed by atoms with E-state index in [1.807, 2.05) is 0 Å². The maximum Gasteiger partial charge on any atom is 0.387 e. The molecule has 1 aromatic carbocycles. The smallest absolute Gasteiger partial charge is 0.387 e. The molecule has 0 aromatic heterocycles. The Morgan fingerprint density at radius 2 is 1.94 bits per heavy atom. The minimum atomic E-state index is -3.07. The number of halogens is 2. The fourth-order valence-corrected chi connectivity index (χ4v) is 1.19. The Bertz CT molecular complexity index is 450. The van der Waals surface area contributed by atoms with E-state index in [0.29, 0.717) is 0 Å². The maximum atomic E-state index is 12.1. The molecule has 1 atom stereocenters. The number of hydrogen-bond acceptors (Lipinski definition) is 4. The third-order valence-corrected chi connectivity index (χ3v) is 2.05. The predicted octanol–water partition coefficient (Wildman–Crippen LogP) is 0.156. The van der Waals surface area contributed by atoms with Crippen molar-refractivity contribution in [3.05, 3.63) is 29.8 Å². The molecule has 1 rings (SSSR count). The van der Waals surface area contributed by atoms with Gasteiger partial charge in [-0.05, 0) is 19.1 Å². The number of carboxylic acids is 1. The summed E-state index contributed by atoms with van der Waals surface area (Å²) in [7, 11) is 0. The number of ether oxygens (including phenoxy) is 1. The third-order valence-electron chi connectivity index (χ3n) is 2.05. The molecule has 0 saturated carbocycles. The number of carboxylic acid groups (broad SMARTS) is 1. The van der Waals surface area contributed by atoms with Crippen LogP contribution in [0.3, 0.4) is 0 Å². The van der Waals surface area contributed by atoms with E-state index in [-0.39, 0.29) is 11.3 Å². The molecule has 0 radical (unpaired) electrons. The van der Waals surface area contributed by atoms with Crippen molar-refractivity contribution in [3.63, 3.8) is 0 Å². The lowest BCUT2D eigenvalue weighted by atomic mass is 10.1. The molecule has 0 unspecified atom stereocenters. The SMILES string of the molecule is C[C@@H](NC(=O)c1ccccc1OC(F)F)C(=O)[O-]. The van der Waals surface area contributed by atoms with Crippen LogP contribution in [0.2, 0.25) is 0 Å². The molecule has 0 bridgehead atoms. The monoisotopic (exact) mass is 258 g/mol. The Hall–Kier alpha value is -2.18. The lowest BCUT2D eigenvalue weighted by Gasteiger charge is -2.16. The molecule has 0 heterocycles. The van der Waals surface area contributed by atoms with E-state index in [0.717, 1.165) is 0 Å². The summed E-state index contributed by atoms with van der Waals surface area (Å²) < 4.78 is 28.3. The second kappa shape index (κ2) is 5.95. The molecule has 1 N–H and O–H groups in total. The van der Waals surface area contributed by atoms with E-state index in [9.17, 15) is 23.5 Å². The number of carbonyl (C=O) groups is 2. The van der Waals surface area contributed by atoms with Crippen LogP contribution in [0.1, 0.15) is 17.3 Å². The molecular weight excluding hydrogens is 248 g/mol. The van der Waals surface area contributed by atoms with Gasteiger partial charge in [0.1, 0.15) is 5.75 Å². The number of rotatable bonds is 5. The first-order chi connectivity index (χ1) is 8.41. The van der Waals surface area contributed by atoms with Crippen LogP contribution in [0.4, 0.5) is 8.78 Å². The van der Waals surface area contributed by atoms with Crippen molar-refractivity contribution in [2.75, 3.05) is 0 Å². The largest absolute Gasteiger partial charge is 0.548 e. The van der Waals surface area contributed by atoms with Crippen LogP contribution in [0.25, 0.3) is 0 Å². The first-order valence-corrected chi connectivity index (χ1v) is 4.97. The van der Waals surface area contributed by atoms with Crippen molar-refractivity contribution in [2.45, 2.75) is 19.6 Å². The number of benzene rings is 1. The Balaban J connectivity index is 2.88. The highest BCUT2D eigenvalue weighted by Gasteiger charge is 2.16. The number of carbonyl (C=O) groups excluding carboxylic acids is 2. The fourth-order valence-electron chi connectivity index (χ4n) is 1.19. The molecular formula is C11H10F2NO4-. The molecule has 18 heavy (non-hydrogen) atoms. The van der Waals surface area contributed by atoms with Crippen molar-refractivity contribution >= 4 is 11.9 Å². The summed E-state index contributed by atoms with van der Waals surface area (Å²) in [6.07, 6.45) is 0. The molecule has 0 saturated heterocycles. The van der Waals surface area contributed by atoms with Gasteiger partial charge in [0.15, 0.2) is 0 Å². The van der Waals surface area contributed by atoms with Gasteiger partial charge in [0.25, 0.3) is 5.91 Å². The summed E-state index contributed by atoms with van der Waals surface area (Å²) in [5, 5.41) is 12.5. The van der Waals surface area contributed by atoms with Crippen LogP contribution in [-0.2, 0) is 4.79 Å². The van der Waals surface area contributed by atoms with Crippen LogP contribution >= 0.6 is 0 Å². The zero-order valence-electron chi connectivity index (χ0n) is 9.35. The van der Waals surface area contributed by atoms with Gasteiger partial charge in [-0.25, -0.2) is 0 Å². The topological polar surface area (TPSA) is 78.5 Å². The van der Waals surface area contributed by atoms with Gasteiger partial charge in [0.05, 0.1) is 17.6 Å². The van der Waals surface area contributed by atoms with Crippen molar-refractivity contribution < 1.29 is 28.2 Å². The predicted molar refractivity (Wildman–Crippen MR) is 55.0 cm³/mol. The highest BCUT2D eigenvalue weighted by atomic mass is 19.3. The average molecular weight is 258 g/mol. The molecule has 7 heteroatoms. The summed E-state index contributed by atoms with van der Waals surface area (Å²) in [6, 6.07) is 4.05. The number of nitrogens with one attached hydrogen (secondary N) is 1. The van der Waals surface area contributed by atoms with Crippen molar-refractivity contribution in [3.8, 4) is 5.75 Å². The highest BCUT2D eigenvalue weighted by molar-refractivity contribution is 5.98. The Labute approximate surface area is 101 Å². The zero-order chi connectivity index (χ0) is 13.7. The molecule has 0 aliphatic rings. The molecule has 5 nitrogen and oxygen atoms in total. The van der Waals surface area contributed by atoms with Crippen molar-refractivity contribution in [2.24, 2.45) is 0 Å². The standard InChI is InChI=1S/C11H11F2NO4/c1-6(10(16)17)14-9(15)7-4-2-3-5-8(7)18-11(12)13/h2-6,11H,1H3,(H,14,15)(H,16,17)/p-1/t6-/m1/s1. The Morgan fingerprint density at radius 3 is 2.50 bits per heavy atom. The van der Waals surface area contributed by atoms with Gasteiger partial charge in [-0.1, -0.05) is 12.1 Å². The summed E-state index contributed by atoms with van der Waals surface area (Å²) in [6.45, 7) is -1.87. The summed E-state index contributed by atoms with van der Waals surface area (Å²) >= 11 is 0. The van der Waals surface area contributed by atoms with E-state index in [1.54, 1.807) is 0 Å². The number of hydrogen-bond donors (Lipinski definition) is 1. The second-order valence-corrected chi connectivity index (χ2v) is 3.39. The third kappa shape index (κ3) is 3.69. The van der Waals surface area contributed by atoms with Crippen LogP contribution in [0.15, 0.2) is 24.3 Å². The zero-order valence-corrected chi connectivity index (χ0v) is 9.35. The van der Waals surface area contributed by atoms with E-state index in [2.05, 4.69) is 10.1 Å². The van der Waals surface area contributed by atoms with Crippen LogP contribution in [0, 0.1) is 0 Å². The van der Waals surface area contributed by atoms with E-state index in [4.69, 9.17) is 0 Å². The minimum Gasteiger partial charge on any atom is -0.548 e. The van der Waals surface area contributed by atoms with E-state index in [1.165, 1.54) is 31.2 Å². The van der Waals surface area contributed by atoms with Gasteiger partial charge in [0.2, 0.25) is 0 Å². The fraction of sp³-hybridized carbons (Fsp3) is 0.273. The maximum absolute atomic E-state index is 12.1. The molecule has 0 aliphatic heterocycles. The first kappa shape index (κ1) is 13.9. The quantitative estimate of drug-likeness (QED) is 0.815. The van der Waals surface area contributed by atoms with Gasteiger partial charge < -0.3 is 20.0 Å².